The van der Waals surface area contributed by atoms with Gasteiger partial charge in [0.15, 0.2) is 0 Å². The van der Waals surface area contributed by atoms with E-state index in [0.29, 0.717) is 13.0 Å². The van der Waals surface area contributed by atoms with Gasteiger partial charge < -0.3 is 9.64 Å². The Hall–Kier alpha value is -1.33. The SMILES string of the molecule is COc1cccc(CC(=O)N(C)Cc2ccc(Br)s2)c1. The van der Waals surface area contributed by atoms with Crippen LogP contribution in [-0.2, 0) is 17.8 Å². The Labute approximate surface area is 131 Å². The Morgan fingerprint density at radius 1 is 1.35 bits per heavy atom. The van der Waals surface area contributed by atoms with Gasteiger partial charge in [0, 0.05) is 11.9 Å². The highest BCUT2D eigenvalue weighted by atomic mass is 79.9. The molecule has 1 aromatic heterocycles. The molecule has 0 aliphatic rings. The highest BCUT2D eigenvalue weighted by Crippen LogP contribution is 2.23. The molecule has 0 aliphatic heterocycles. The third-order valence-corrected chi connectivity index (χ3v) is 4.55. The Morgan fingerprint density at radius 2 is 2.15 bits per heavy atom. The molecular formula is C15H16BrNO2S. The largest absolute Gasteiger partial charge is 0.497 e. The van der Waals surface area contributed by atoms with E-state index in [1.807, 2.05) is 43.4 Å². The third kappa shape index (κ3) is 4.08. The number of ether oxygens (including phenoxy) is 1. The molecule has 0 fully saturated rings. The summed E-state index contributed by atoms with van der Waals surface area (Å²) in [7, 11) is 3.46. The summed E-state index contributed by atoms with van der Waals surface area (Å²) in [5.41, 5.74) is 0.966. The smallest absolute Gasteiger partial charge is 0.227 e. The lowest BCUT2D eigenvalue weighted by Crippen LogP contribution is -2.27. The summed E-state index contributed by atoms with van der Waals surface area (Å²) in [6, 6.07) is 11.6. The Kier molecular flexibility index (Phi) is 5.20. The van der Waals surface area contributed by atoms with E-state index in [1.54, 1.807) is 23.3 Å². The fourth-order valence-corrected chi connectivity index (χ4v) is 3.39. The van der Waals surface area contributed by atoms with Crippen molar-refractivity contribution >= 4 is 33.2 Å². The zero-order valence-electron chi connectivity index (χ0n) is 11.4. The molecule has 0 bridgehead atoms. The third-order valence-electron chi connectivity index (χ3n) is 2.94. The van der Waals surface area contributed by atoms with Crippen molar-refractivity contribution in [3.05, 3.63) is 50.6 Å². The first-order valence-corrected chi connectivity index (χ1v) is 7.80. The van der Waals surface area contributed by atoms with Crippen LogP contribution >= 0.6 is 27.3 Å². The Morgan fingerprint density at radius 3 is 2.80 bits per heavy atom. The summed E-state index contributed by atoms with van der Waals surface area (Å²) in [6.07, 6.45) is 0.389. The van der Waals surface area contributed by atoms with E-state index in [2.05, 4.69) is 15.9 Å². The van der Waals surface area contributed by atoms with E-state index in [-0.39, 0.29) is 5.91 Å². The Balaban J connectivity index is 1.96. The van der Waals surface area contributed by atoms with Crippen molar-refractivity contribution in [2.45, 2.75) is 13.0 Å². The lowest BCUT2D eigenvalue weighted by molar-refractivity contribution is -0.129. The minimum Gasteiger partial charge on any atom is -0.497 e. The van der Waals surface area contributed by atoms with E-state index in [0.717, 1.165) is 15.1 Å². The van der Waals surface area contributed by atoms with Crippen molar-refractivity contribution in [1.29, 1.82) is 0 Å². The molecule has 20 heavy (non-hydrogen) atoms. The molecule has 0 spiro atoms. The zero-order chi connectivity index (χ0) is 14.5. The molecule has 1 heterocycles. The molecule has 0 radical (unpaired) electrons. The fourth-order valence-electron chi connectivity index (χ4n) is 1.85. The lowest BCUT2D eigenvalue weighted by Gasteiger charge is -2.16. The van der Waals surface area contributed by atoms with Gasteiger partial charge >= 0.3 is 0 Å². The van der Waals surface area contributed by atoms with Crippen LogP contribution in [0.5, 0.6) is 5.75 Å². The van der Waals surface area contributed by atoms with Crippen molar-refractivity contribution in [2.24, 2.45) is 0 Å². The van der Waals surface area contributed by atoms with Crippen LogP contribution in [-0.4, -0.2) is 25.0 Å². The molecule has 1 amide bonds. The van der Waals surface area contributed by atoms with E-state index in [1.165, 1.54) is 4.88 Å². The normalized spacial score (nSPS) is 10.3. The lowest BCUT2D eigenvalue weighted by atomic mass is 10.1. The maximum atomic E-state index is 12.2. The van der Waals surface area contributed by atoms with Crippen LogP contribution in [0.15, 0.2) is 40.2 Å². The summed E-state index contributed by atoms with van der Waals surface area (Å²) in [5.74, 6) is 0.878. The summed E-state index contributed by atoms with van der Waals surface area (Å²) >= 11 is 5.08. The topological polar surface area (TPSA) is 29.5 Å². The number of thiophene rings is 1. The van der Waals surface area contributed by atoms with Crippen molar-refractivity contribution in [3.8, 4) is 5.75 Å². The number of hydrogen-bond donors (Lipinski definition) is 0. The molecule has 0 saturated heterocycles. The Bertz CT molecular complexity index is 597. The molecule has 2 rings (SSSR count). The summed E-state index contributed by atoms with van der Waals surface area (Å²) < 4.78 is 6.25. The van der Waals surface area contributed by atoms with Gasteiger partial charge in [-0.1, -0.05) is 12.1 Å². The predicted molar refractivity (Wildman–Crippen MR) is 85.2 cm³/mol. The number of hydrogen-bond acceptors (Lipinski definition) is 3. The molecule has 106 valence electrons. The molecule has 0 atom stereocenters. The number of likely N-dealkylation sites (N-methyl/N-ethyl adjacent to an activating group) is 1. The molecule has 0 saturated carbocycles. The van der Waals surface area contributed by atoms with Crippen LogP contribution in [0, 0.1) is 0 Å². The highest BCUT2D eigenvalue weighted by Gasteiger charge is 2.11. The molecule has 2 aromatic rings. The van der Waals surface area contributed by atoms with Gasteiger partial charge in [0.05, 0.1) is 23.9 Å². The van der Waals surface area contributed by atoms with Gasteiger partial charge in [-0.3, -0.25) is 4.79 Å². The van der Waals surface area contributed by atoms with Crippen molar-refractivity contribution in [2.75, 3.05) is 14.2 Å². The molecule has 0 aliphatic carbocycles. The second kappa shape index (κ2) is 6.90. The molecule has 0 N–H and O–H groups in total. The van der Waals surface area contributed by atoms with Crippen LogP contribution < -0.4 is 4.74 Å². The second-order valence-electron chi connectivity index (χ2n) is 4.48. The molecule has 3 nitrogen and oxygen atoms in total. The first-order valence-electron chi connectivity index (χ1n) is 6.19. The van der Waals surface area contributed by atoms with Crippen LogP contribution in [0.4, 0.5) is 0 Å². The molecule has 1 aromatic carbocycles. The van der Waals surface area contributed by atoms with Crippen LogP contribution in [0.3, 0.4) is 0 Å². The maximum absolute atomic E-state index is 12.2. The first kappa shape index (κ1) is 15.1. The van der Waals surface area contributed by atoms with Gasteiger partial charge in [-0.15, -0.1) is 11.3 Å². The number of carbonyl (C=O) groups is 1. The number of carbonyl (C=O) groups excluding carboxylic acids is 1. The number of rotatable bonds is 5. The minimum absolute atomic E-state index is 0.0998. The zero-order valence-corrected chi connectivity index (χ0v) is 13.8. The number of benzene rings is 1. The maximum Gasteiger partial charge on any atom is 0.227 e. The quantitative estimate of drug-likeness (QED) is 0.819. The van der Waals surface area contributed by atoms with Crippen LogP contribution in [0.25, 0.3) is 0 Å². The molecular weight excluding hydrogens is 338 g/mol. The van der Waals surface area contributed by atoms with Crippen molar-refractivity contribution < 1.29 is 9.53 Å². The van der Waals surface area contributed by atoms with Crippen molar-refractivity contribution in [1.82, 2.24) is 4.90 Å². The monoisotopic (exact) mass is 353 g/mol. The van der Waals surface area contributed by atoms with Crippen LogP contribution in [0.2, 0.25) is 0 Å². The fraction of sp³-hybridized carbons (Fsp3) is 0.267. The van der Waals surface area contributed by atoms with E-state index >= 15 is 0 Å². The number of nitrogens with zero attached hydrogens (tertiary/aromatic N) is 1. The van der Waals surface area contributed by atoms with E-state index < -0.39 is 0 Å². The predicted octanol–water partition coefficient (Wildman–Crippen LogP) is 3.72. The first-order chi connectivity index (χ1) is 9.58. The van der Waals surface area contributed by atoms with Crippen molar-refractivity contribution in [3.63, 3.8) is 0 Å². The van der Waals surface area contributed by atoms with Gasteiger partial charge in [0.2, 0.25) is 5.91 Å². The van der Waals surface area contributed by atoms with Crippen LogP contribution in [0.1, 0.15) is 10.4 Å². The molecule has 0 unspecified atom stereocenters. The minimum atomic E-state index is 0.0998. The average molecular weight is 354 g/mol. The van der Waals surface area contributed by atoms with E-state index in [9.17, 15) is 4.79 Å². The van der Waals surface area contributed by atoms with Gasteiger partial charge in [0.25, 0.3) is 0 Å². The highest BCUT2D eigenvalue weighted by molar-refractivity contribution is 9.11. The average Bonchev–Trinajstić information content (AvgIpc) is 2.84. The number of amides is 1. The van der Waals surface area contributed by atoms with E-state index in [4.69, 9.17) is 4.74 Å². The van der Waals surface area contributed by atoms with Gasteiger partial charge in [-0.2, -0.15) is 0 Å². The number of halogens is 1. The summed E-state index contributed by atoms with van der Waals surface area (Å²) in [4.78, 5) is 15.1. The van der Waals surface area contributed by atoms with Gasteiger partial charge in [0.1, 0.15) is 5.75 Å². The number of methoxy groups -OCH3 is 1. The summed E-state index contributed by atoms with van der Waals surface area (Å²) in [5, 5.41) is 0. The van der Waals surface area contributed by atoms with Gasteiger partial charge in [-0.05, 0) is 45.8 Å². The summed E-state index contributed by atoms with van der Waals surface area (Å²) in [6.45, 7) is 0.638. The molecule has 5 heteroatoms. The standard InChI is InChI=1S/C15H16BrNO2S/c1-17(10-13-6-7-14(16)20-13)15(18)9-11-4-3-5-12(8-11)19-2/h3-8H,9-10H2,1-2H3. The second-order valence-corrected chi connectivity index (χ2v) is 7.03. The van der Waals surface area contributed by atoms with Gasteiger partial charge in [-0.25, -0.2) is 0 Å².